The predicted molar refractivity (Wildman–Crippen MR) is 95.1 cm³/mol. The number of hydrogen-bond acceptors (Lipinski definition) is 3. The predicted octanol–water partition coefficient (Wildman–Crippen LogP) is 6.08. The standard InChI is InChI=1S/C19H10ClF5N2O2/c20-12-6-4-10(19(23,24)25)8-15(12)29-11-5-7-16(26-9-11)27-18(28)17-13(21)2-1-3-14(17)22/h1-9H,(H,26,27,28). The number of carbonyl (C=O) groups is 1. The minimum atomic E-state index is -4.57. The van der Waals surface area contributed by atoms with Gasteiger partial charge in [0.05, 0.1) is 16.8 Å². The van der Waals surface area contributed by atoms with Crippen LogP contribution in [-0.2, 0) is 6.18 Å². The molecule has 0 aliphatic heterocycles. The highest BCUT2D eigenvalue weighted by Gasteiger charge is 2.31. The number of benzene rings is 2. The van der Waals surface area contributed by atoms with Crippen LogP contribution in [0.5, 0.6) is 11.5 Å². The first kappa shape index (κ1) is 20.5. The Balaban J connectivity index is 1.75. The van der Waals surface area contributed by atoms with Crippen LogP contribution in [0.3, 0.4) is 0 Å². The minimum absolute atomic E-state index is 0.0290. The molecule has 3 rings (SSSR count). The molecular formula is C19H10ClF5N2O2. The highest BCUT2D eigenvalue weighted by Crippen LogP contribution is 2.36. The largest absolute Gasteiger partial charge is 0.454 e. The topological polar surface area (TPSA) is 51.2 Å². The summed E-state index contributed by atoms with van der Waals surface area (Å²) in [6, 6.07) is 8.11. The van der Waals surface area contributed by atoms with E-state index in [-0.39, 0.29) is 22.3 Å². The SMILES string of the molecule is O=C(Nc1ccc(Oc2cc(C(F)(F)F)ccc2Cl)cn1)c1c(F)cccc1F. The number of pyridine rings is 1. The molecule has 150 valence electrons. The van der Waals surface area contributed by atoms with Crippen molar-refractivity contribution in [3.63, 3.8) is 0 Å². The van der Waals surface area contributed by atoms with Crippen molar-refractivity contribution in [2.45, 2.75) is 6.18 Å². The summed E-state index contributed by atoms with van der Waals surface area (Å²) in [5.41, 5.74) is -1.72. The second kappa shape index (κ2) is 8.04. The molecule has 29 heavy (non-hydrogen) atoms. The van der Waals surface area contributed by atoms with Gasteiger partial charge in [-0.3, -0.25) is 4.79 Å². The third-order valence-electron chi connectivity index (χ3n) is 3.65. The lowest BCUT2D eigenvalue weighted by Gasteiger charge is -2.12. The van der Waals surface area contributed by atoms with E-state index in [9.17, 15) is 26.7 Å². The zero-order valence-corrected chi connectivity index (χ0v) is 15.0. The van der Waals surface area contributed by atoms with Gasteiger partial charge in [-0.25, -0.2) is 13.8 Å². The van der Waals surface area contributed by atoms with Gasteiger partial charge in [0.2, 0.25) is 0 Å². The van der Waals surface area contributed by atoms with E-state index in [4.69, 9.17) is 16.3 Å². The molecule has 0 bridgehead atoms. The fraction of sp³-hybridized carbons (Fsp3) is 0.0526. The summed E-state index contributed by atoms with van der Waals surface area (Å²) >= 11 is 5.85. The molecule has 1 amide bonds. The Morgan fingerprint density at radius 1 is 1.03 bits per heavy atom. The van der Waals surface area contributed by atoms with Crippen molar-refractivity contribution in [3.05, 3.63) is 82.5 Å². The van der Waals surface area contributed by atoms with Crippen LogP contribution in [0.2, 0.25) is 5.02 Å². The van der Waals surface area contributed by atoms with Crippen molar-refractivity contribution >= 4 is 23.3 Å². The summed E-state index contributed by atoms with van der Waals surface area (Å²) in [6.45, 7) is 0. The lowest BCUT2D eigenvalue weighted by molar-refractivity contribution is -0.137. The summed E-state index contributed by atoms with van der Waals surface area (Å²) in [4.78, 5) is 15.9. The maximum Gasteiger partial charge on any atom is 0.416 e. The number of nitrogens with one attached hydrogen (secondary N) is 1. The quantitative estimate of drug-likeness (QED) is 0.513. The lowest BCUT2D eigenvalue weighted by Crippen LogP contribution is -2.16. The zero-order chi connectivity index (χ0) is 21.2. The Morgan fingerprint density at radius 3 is 2.31 bits per heavy atom. The second-order valence-corrected chi connectivity index (χ2v) is 6.08. The van der Waals surface area contributed by atoms with Gasteiger partial charge in [-0.2, -0.15) is 13.2 Å². The Morgan fingerprint density at radius 2 is 1.72 bits per heavy atom. The van der Waals surface area contributed by atoms with E-state index in [2.05, 4.69) is 10.3 Å². The van der Waals surface area contributed by atoms with E-state index in [0.29, 0.717) is 0 Å². The summed E-state index contributed by atoms with van der Waals surface area (Å²) in [5.74, 6) is -3.40. The average molecular weight is 429 g/mol. The fourth-order valence-electron chi connectivity index (χ4n) is 2.29. The number of aromatic nitrogens is 1. The number of hydrogen-bond donors (Lipinski definition) is 1. The lowest BCUT2D eigenvalue weighted by atomic mass is 10.2. The van der Waals surface area contributed by atoms with Crippen molar-refractivity contribution in [2.75, 3.05) is 5.32 Å². The van der Waals surface area contributed by atoms with Crippen LogP contribution in [0, 0.1) is 11.6 Å². The molecule has 3 aromatic rings. The second-order valence-electron chi connectivity index (χ2n) is 5.67. The van der Waals surface area contributed by atoms with Crippen LogP contribution in [-0.4, -0.2) is 10.9 Å². The van der Waals surface area contributed by atoms with Crippen LogP contribution < -0.4 is 10.1 Å². The van der Waals surface area contributed by atoms with E-state index in [1.54, 1.807) is 0 Å². The summed E-state index contributed by atoms with van der Waals surface area (Å²) < 4.78 is 71.0. The maximum absolute atomic E-state index is 13.6. The van der Waals surface area contributed by atoms with Crippen LogP contribution >= 0.6 is 11.6 Å². The average Bonchev–Trinajstić information content (AvgIpc) is 2.64. The van der Waals surface area contributed by atoms with E-state index in [0.717, 1.165) is 42.6 Å². The highest BCUT2D eigenvalue weighted by atomic mass is 35.5. The van der Waals surface area contributed by atoms with Gasteiger partial charge in [0.1, 0.15) is 34.5 Å². The molecule has 0 unspecified atom stereocenters. The number of nitrogens with zero attached hydrogens (tertiary/aromatic N) is 1. The fourth-order valence-corrected chi connectivity index (χ4v) is 2.45. The monoisotopic (exact) mass is 428 g/mol. The Labute approximate surface area is 165 Å². The molecule has 0 spiro atoms. The van der Waals surface area contributed by atoms with Crippen LogP contribution in [0.25, 0.3) is 0 Å². The summed E-state index contributed by atoms with van der Waals surface area (Å²) in [6.07, 6.45) is -3.47. The van der Waals surface area contributed by atoms with Gasteiger partial charge in [0.25, 0.3) is 5.91 Å². The van der Waals surface area contributed by atoms with Crippen molar-refractivity contribution in [2.24, 2.45) is 0 Å². The van der Waals surface area contributed by atoms with Crippen LogP contribution in [0.15, 0.2) is 54.7 Å². The van der Waals surface area contributed by atoms with Gasteiger partial charge in [0, 0.05) is 0 Å². The molecular weight excluding hydrogens is 419 g/mol. The first-order valence-electron chi connectivity index (χ1n) is 7.91. The molecule has 0 radical (unpaired) electrons. The Kier molecular flexibility index (Phi) is 5.69. The van der Waals surface area contributed by atoms with Crippen molar-refractivity contribution in [3.8, 4) is 11.5 Å². The van der Waals surface area contributed by atoms with Crippen LogP contribution in [0.4, 0.5) is 27.8 Å². The highest BCUT2D eigenvalue weighted by molar-refractivity contribution is 6.32. The summed E-state index contributed by atoms with van der Waals surface area (Å²) in [7, 11) is 0. The molecule has 1 heterocycles. The molecule has 0 aliphatic carbocycles. The maximum atomic E-state index is 13.6. The van der Waals surface area contributed by atoms with Crippen molar-refractivity contribution < 1.29 is 31.5 Å². The number of ether oxygens (including phenoxy) is 1. The number of rotatable bonds is 4. The molecule has 0 aliphatic rings. The number of carbonyl (C=O) groups excluding carboxylic acids is 1. The summed E-state index contributed by atoms with van der Waals surface area (Å²) in [5, 5.41) is 2.16. The van der Waals surface area contributed by atoms with Crippen LogP contribution in [0.1, 0.15) is 15.9 Å². The molecule has 4 nitrogen and oxygen atoms in total. The van der Waals surface area contributed by atoms with Crippen molar-refractivity contribution in [1.82, 2.24) is 4.98 Å². The van der Waals surface area contributed by atoms with Gasteiger partial charge >= 0.3 is 6.18 Å². The molecule has 0 fully saturated rings. The van der Waals surface area contributed by atoms with Gasteiger partial charge < -0.3 is 10.1 Å². The van der Waals surface area contributed by atoms with E-state index >= 15 is 0 Å². The third kappa shape index (κ3) is 4.80. The molecule has 10 heteroatoms. The van der Waals surface area contributed by atoms with E-state index < -0.39 is 34.8 Å². The molecule has 0 atom stereocenters. The number of amides is 1. The van der Waals surface area contributed by atoms with Gasteiger partial charge in [-0.1, -0.05) is 17.7 Å². The first-order chi connectivity index (χ1) is 13.6. The number of alkyl halides is 3. The molecule has 1 aromatic heterocycles. The third-order valence-corrected chi connectivity index (χ3v) is 3.97. The van der Waals surface area contributed by atoms with Gasteiger partial charge in [-0.05, 0) is 42.5 Å². The minimum Gasteiger partial charge on any atom is -0.454 e. The molecule has 0 saturated carbocycles. The molecule has 2 aromatic carbocycles. The van der Waals surface area contributed by atoms with Crippen molar-refractivity contribution in [1.29, 1.82) is 0 Å². The van der Waals surface area contributed by atoms with E-state index in [1.165, 1.54) is 12.1 Å². The zero-order valence-electron chi connectivity index (χ0n) is 14.2. The van der Waals surface area contributed by atoms with Gasteiger partial charge in [-0.15, -0.1) is 0 Å². The first-order valence-corrected chi connectivity index (χ1v) is 8.29. The Hall–Kier alpha value is -3.20. The molecule has 0 saturated heterocycles. The smallest absolute Gasteiger partial charge is 0.416 e. The molecule has 1 N–H and O–H groups in total. The number of anilines is 1. The Bertz CT molecular complexity index is 1040. The number of halogens is 6. The normalized spacial score (nSPS) is 11.2. The van der Waals surface area contributed by atoms with Gasteiger partial charge in [0.15, 0.2) is 0 Å². The van der Waals surface area contributed by atoms with E-state index in [1.807, 2.05) is 0 Å².